The maximum Gasteiger partial charge on any atom is 0.336 e. The van der Waals surface area contributed by atoms with E-state index in [-0.39, 0.29) is 31.2 Å². The number of carbonyl (C=O) groups excluding carboxylic acids is 1. The van der Waals surface area contributed by atoms with Gasteiger partial charge in [0.25, 0.3) is 0 Å². The third-order valence-electron chi connectivity index (χ3n) is 3.67. The van der Waals surface area contributed by atoms with Gasteiger partial charge in [0, 0.05) is 6.54 Å². The quantitative estimate of drug-likeness (QED) is 0.603. The Bertz CT molecular complexity index is 715. The van der Waals surface area contributed by atoms with Gasteiger partial charge in [0.05, 0.1) is 18.8 Å². The van der Waals surface area contributed by atoms with Crippen LogP contribution in [-0.4, -0.2) is 35.3 Å². The zero-order valence-corrected chi connectivity index (χ0v) is 13.8. The molecule has 0 aliphatic carbocycles. The summed E-state index contributed by atoms with van der Waals surface area (Å²) in [5.41, 5.74) is 2.24. The van der Waals surface area contributed by atoms with Crippen LogP contribution in [0.3, 0.4) is 0 Å². The maximum atomic E-state index is 11.8. The molecule has 2 aromatic rings. The number of amides is 1. The summed E-state index contributed by atoms with van der Waals surface area (Å²) in [5.74, 6) is -1.34. The van der Waals surface area contributed by atoms with Gasteiger partial charge < -0.3 is 20.3 Å². The molecule has 0 fully saturated rings. The molecule has 25 heavy (non-hydrogen) atoms. The minimum Gasteiger partial charge on any atom is -0.478 e. The van der Waals surface area contributed by atoms with Crippen LogP contribution in [-0.2, 0) is 29.1 Å². The van der Waals surface area contributed by atoms with Crippen molar-refractivity contribution >= 4 is 11.9 Å². The number of hydrogen-bond acceptors (Lipinski definition) is 4. The molecule has 0 saturated carbocycles. The van der Waals surface area contributed by atoms with Gasteiger partial charge in [-0.2, -0.15) is 0 Å². The number of hydrogen-bond donors (Lipinski definition) is 3. The van der Waals surface area contributed by atoms with Gasteiger partial charge in [-0.05, 0) is 29.2 Å². The summed E-state index contributed by atoms with van der Waals surface area (Å²) in [6.45, 7) is 0.298. The van der Waals surface area contributed by atoms with Crippen molar-refractivity contribution in [3.05, 3.63) is 70.8 Å². The number of carbonyl (C=O) groups is 2. The zero-order chi connectivity index (χ0) is 18.1. The van der Waals surface area contributed by atoms with Gasteiger partial charge >= 0.3 is 5.97 Å². The first-order valence-corrected chi connectivity index (χ1v) is 7.94. The predicted molar refractivity (Wildman–Crippen MR) is 92.1 cm³/mol. The number of carboxylic acids is 1. The number of aromatic carboxylic acids is 1. The molecule has 0 spiro atoms. The summed E-state index contributed by atoms with van der Waals surface area (Å²) in [7, 11) is 0. The van der Waals surface area contributed by atoms with Crippen molar-refractivity contribution in [1.82, 2.24) is 5.32 Å². The molecule has 0 aromatic heterocycles. The SMILES string of the molecule is O=C(COCCc1ccccc1)NCc1ccc(C(=O)O)c(CO)c1. The van der Waals surface area contributed by atoms with Gasteiger partial charge in [0.1, 0.15) is 6.61 Å². The Balaban J connectivity index is 1.73. The van der Waals surface area contributed by atoms with Crippen LogP contribution in [0.2, 0.25) is 0 Å². The van der Waals surface area contributed by atoms with E-state index in [2.05, 4.69) is 5.32 Å². The van der Waals surface area contributed by atoms with Crippen LogP contribution in [0.25, 0.3) is 0 Å². The van der Waals surface area contributed by atoms with Crippen molar-refractivity contribution in [1.29, 1.82) is 0 Å². The Kier molecular flexibility index (Phi) is 7.13. The molecule has 0 unspecified atom stereocenters. The van der Waals surface area contributed by atoms with Gasteiger partial charge in [-0.3, -0.25) is 4.79 Å². The Morgan fingerprint density at radius 2 is 1.80 bits per heavy atom. The number of rotatable bonds is 9. The molecule has 0 aliphatic heterocycles. The lowest BCUT2D eigenvalue weighted by molar-refractivity contribution is -0.125. The minimum absolute atomic E-state index is 0.0348. The molecule has 0 bridgehead atoms. The lowest BCUT2D eigenvalue weighted by atomic mass is 10.0. The second-order valence-corrected chi connectivity index (χ2v) is 5.52. The number of nitrogens with one attached hydrogen (secondary N) is 1. The molecule has 0 aliphatic rings. The van der Waals surface area contributed by atoms with E-state index in [0.717, 1.165) is 12.0 Å². The third-order valence-corrected chi connectivity index (χ3v) is 3.67. The fourth-order valence-corrected chi connectivity index (χ4v) is 2.35. The van der Waals surface area contributed by atoms with Crippen LogP contribution in [0.4, 0.5) is 0 Å². The molecule has 1 amide bonds. The topological polar surface area (TPSA) is 95.9 Å². The average molecular weight is 343 g/mol. The molecule has 3 N–H and O–H groups in total. The van der Waals surface area contributed by atoms with Crippen molar-refractivity contribution in [2.45, 2.75) is 19.6 Å². The van der Waals surface area contributed by atoms with E-state index >= 15 is 0 Å². The van der Waals surface area contributed by atoms with Crippen molar-refractivity contribution in [3.8, 4) is 0 Å². The Morgan fingerprint density at radius 3 is 2.48 bits per heavy atom. The molecule has 132 valence electrons. The van der Waals surface area contributed by atoms with Gasteiger partial charge in [-0.15, -0.1) is 0 Å². The summed E-state index contributed by atoms with van der Waals surface area (Å²) in [6, 6.07) is 14.5. The Morgan fingerprint density at radius 1 is 1.04 bits per heavy atom. The molecule has 0 heterocycles. The Hall–Kier alpha value is -2.70. The first-order chi connectivity index (χ1) is 12.1. The minimum atomic E-state index is -1.09. The monoisotopic (exact) mass is 343 g/mol. The van der Waals surface area contributed by atoms with E-state index in [1.54, 1.807) is 12.1 Å². The van der Waals surface area contributed by atoms with Crippen molar-refractivity contribution in [3.63, 3.8) is 0 Å². The number of aliphatic hydroxyl groups is 1. The van der Waals surface area contributed by atoms with Gasteiger partial charge in [0.15, 0.2) is 0 Å². The smallest absolute Gasteiger partial charge is 0.336 e. The normalized spacial score (nSPS) is 10.4. The van der Waals surface area contributed by atoms with E-state index < -0.39 is 5.97 Å². The van der Waals surface area contributed by atoms with Gasteiger partial charge in [-0.25, -0.2) is 4.79 Å². The molecule has 0 saturated heterocycles. The molecule has 2 aromatic carbocycles. The molecule has 0 atom stereocenters. The van der Waals surface area contributed by atoms with E-state index in [1.165, 1.54) is 6.07 Å². The average Bonchev–Trinajstić information content (AvgIpc) is 2.64. The van der Waals surface area contributed by atoms with Gasteiger partial charge in [-0.1, -0.05) is 42.5 Å². The van der Waals surface area contributed by atoms with Crippen LogP contribution >= 0.6 is 0 Å². The predicted octanol–water partition coefficient (Wildman–Crippen LogP) is 1.75. The van der Waals surface area contributed by atoms with E-state index in [4.69, 9.17) is 9.84 Å². The van der Waals surface area contributed by atoms with Crippen LogP contribution in [0.5, 0.6) is 0 Å². The Labute approximate surface area is 146 Å². The highest BCUT2D eigenvalue weighted by molar-refractivity contribution is 5.89. The molecular formula is C19H21NO5. The lowest BCUT2D eigenvalue weighted by Gasteiger charge is -2.09. The summed E-state index contributed by atoms with van der Waals surface area (Å²) >= 11 is 0. The standard InChI is InChI=1S/C19H21NO5/c21-12-16-10-15(6-7-17(16)19(23)24)11-20-18(22)13-25-9-8-14-4-2-1-3-5-14/h1-7,10,21H,8-9,11-13H2,(H,20,22)(H,23,24). The third kappa shape index (κ3) is 6.02. The highest BCUT2D eigenvalue weighted by Gasteiger charge is 2.10. The first-order valence-electron chi connectivity index (χ1n) is 7.94. The zero-order valence-electron chi connectivity index (χ0n) is 13.8. The highest BCUT2D eigenvalue weighted by Crippen LogP contribution is 2.12. The molecule has 0 radical (unpaired) electrons. The molecular weight excluding hydrogens is 322 g/mol. The number of benzene rings is 2. The number of aliphatic hydroxyl groups excluding tert-OH is 1. The van der Waals surface area contributed by atoms with Crippen LogP contribution in [0.15, 0.2) is 48.5 Å². The first kappa shape index (κ1) is 18.6. The maximum absolute atomic E-state index is 11.8. The van der Waals surface area contributed by atoms with Crippen LogP contribution in [0.1, 0.15) is 27.0 Å². The molecule has 2 rings (SSSR count). The van der Waals surface area contributed by atoms with Crippen LogP contribution in [0, 0.1) is 0 Å². The van der Waals surface area contributed by atoms with Crippen molar-refractivity contribution in [2.24, 2.45) is 0 Å². The second kappa shape index (κ2) is 9.56. The number of carboxylic acid groups (broad SMARTS) is 1. The highest BCUT2D eigenvalue weighted by atomic mass is 16.5. The number of ether oxygens (including phenoxy) is 1. The summed E-state index contributed by atoms with van der Waals surface area (Å²) in [5, 5.41) is 21.0. The lowest BCUT2D eigenvalue weighted by Crippen LogP contribution is -2.27. The van der Waals surface area contributed by atoms with E-state index in [1.807, 2.05) is 30.3 Å². The van der Waals surface area contributed by atoms with E-state index in [0.29, 0.717) is 17.7 Å². The largest absolute Gasteiger partial charge is 0.478 e. The van der Waals surface area contributed by atoms with Crippen molar-refractivity contribution < 1.29 is 24.5 Å². The second-order valence-electron chi connectivity index (χ2n) is 5.52. The summed E-state index contributed by atoms with van der Waals surface area (Å²) < 4.78 is 5.35. The van der Waals surface area contributed by atoms with E-state index in [9.17, 15) is 14.7 Å². The molecule has 6 heteroatoms. The fraction of sp³-hybridized carbons (Fsp3) is 0.263. The van der Waals surface area contributed by atoms with Crippen molar-refractivity contribution in [2.75, 3.05) is 13.2 Å². The fourth-order valence-electron chi connectivity index (χ4n) is 2.35. The molecule has 6 nitrogen and oxygen atoms in total. The summed E-state index contributed by atoms with van der Waals surface area (Å²) in [6.07, 6.45) is 0.741. The van der Waals surface area contributed by atoms with Crippen LogP contribution < -0.4 is 5.32 Å². The van der Waals surface area contributed by atoms with Gasteiger partial charge in [0.2, 0.25) is 5.91 Å². The summed E-state index contributed by atoms with van der Waals surface area (Å²) in [4.78, 5) is 22.8.